The molecule has 0 heterocycles. The minimum absolute atomic E-state index is 0.0142. The number of benzene rings is 1. The summed E-state index contributed by atoms with van der Waals surface area (Å²) in [5.74, 6) is -1.17. The number of allylic oxidation sites excluding steroid dienone is 1. The standard InChI is InChI=1S/C33H43NO7/c1-20(21-7-5-4-6-8-21)34-28(38)11-12-29(39)41-19-27(37)33(40)16-14-25-24-10-9-22-17-23(35)13-15-31(22,2)30(24)26(36)18-32(25,33)3/h4-8,17,20,24-26,30,36,40H,9-16,18-19H2,1-3H3,(H,34,38)/t20-,24+,25+,26-,30-,31+,32+,33+/m1/s1. The quantitative estimate of drug-likeness (QED) is 0.407. The predicted octanol–water partition coefficient (Wildman–Crippen LogP) is 3.99. The fraction of sp³-hybridized carbons (Fsp3) is 0.636. The maximum Gasteiger partial charge on any atom is 0.306 e. The summed E-state index contributed by atoms with van der Waals surface area (Å²) in [7, 11) is 0. The Bertz CT molecular complexity index is 1240. The molecule has 1 aromatic carbocycles. The molecule has 5 rings (SSSR count). The summed E-state index contributed by atoms with van der Waals surface area (Å²) in [6, 6.07) is 9.30. The average molecular weight is 566 g/mol. The van der Waals surface area contributed by atoms with Gasteiger partial charge in [-0.1, -0.05) is 49.8 Å². The maximum absolute atomic E-state index is 13.4. The van der Waals surface area contributed by atoms with Gasteiger partial charge < -0.3 is 20.3 Å². The van der Waals surface area contributed by atoms with E-state index in [-0.39, 0.29) is 66.6 Å². The number of nitrogens with one attached hydrogen (secondary N) is 1. The summed E-state index contributed by atoms with van der Waals surface area (Å²) in [5.41, 5.74) is -0.698. The molecule has 1 amide bonds. The largest absolute Gasteiger partial charge is 0.458 e. The van der Waals surface area contributed by atoms with Crippen molar-refractivity contribution in [1.82, 2.24) is 5.32 Å². The summed E-state index contributed by atoms with van der Waals surface area (Å²) >= 11 is 0. The molecular formula is C33H43NO7. The number of aliphatic hydroxyl groups is 2. The number of hydrogen-bond donors (Lipinski definition) is 3. The lowest BCUT2D eigenvalue weighted by atomic mass is 9.45. The van der Waals surface area contributed by atoms with Crippen molar-refractivity contribution in [1.29, 1.82) is 0 Å². The van der Waals surface area contributed by atoms with Crippen LogP contribution in [0, 0.1) is 28.6 Å². The van der Waals surface area contributed by atoms with E-state index in [1.54, 1.807) is 6.08 Å². The van der Waals surface area contributed by atoms with E-state index >= 15 is 0 Å². The molecule has 3 fully saturated rings. The first-order chi connectivity index (χ1) is 19.4. The second kappa shape index (κ2) is 11.1. The summed E-state index contributed by atoms with van der Waals surface area (Å²) < 4.78 is 5.25. The van der Waals surface area contributed by atoms with Gasteiger partial charge in [-0.15, -0.1) is 0 Å². The van der Waals surface area contributed by atoms with Gasteiger partial charge in [0, 0.05) is 18.3 Å². The van der Waals surface area contributed by atoms with Gasteiger partial charge >= 0.3 is 5.97 Å². The van der Waals surface area contributed by atoms with Crippen LogP contribution < -0.4 is 5.32 Å². The van der Waals surface area contributed by atoms with Crippen LogP contribution >= 0.6 is 0 Å². The van der Waals surface area contributed by atoms with Gasteiger partial charge in [-0.05, 0) is 80.3 Å². The predicted molar refractivity (Wildman–Crippen MR) is 151 cm³/mol. The minimum atomic E-state index is -1.70. The van der Waals surface area contributed by atoms with Gasteiger partial charge in [0.15, 0.2) is 12.4 Å². The second-order valence-corrected chi connectivity index (χ2v) is 13.3. The lowest BCUT2D eigenvalue weighted by Crippen LogP contribution is -2.62. The van der Waals surface area contributed by atoms with Gasteiger partial charge in [-0.2, -0.15) is 0 Å². The maximum atomic E-state index is 13.4. The van der Waals surface area contributed by atoms with Gasteiger partial charge in [0.2, 0.25) is 11.7 Å². The number of ether oxygens (including phenoxy) is 1. The normalized spacial score (nSPS) is 36.7. The van der Waals surface area contributed by atoms with Gasteiger partial charge in [0.1, 0.15) is 5.60 Å². The second-order valence-electron chi connectivity index (χ2n) is 13.3. The van der Waals surface area contributed by atoms with E-state index < -0.39 is 35.5 Å². The summed E-state index contributed by atoms with van der Waals surface area (Å²) in [6.07, 6.45) is 4.88. The highest BCUT2D eigenvalue weighted by Crippen LogP contribution is 2.67. The smallest absolute Gasteiger partial charge is 0.306 e. The van der Waals surface area contributed by atoms with Crippen LogP contribution in [-0.2, 0) is 23.9 Å². The van der Waals surface area contributed by atoms with Gasteiger partial charge in [-0.25, -0.2) is 0 Å². The van der Waals surface area contributed by atoms with Crippen molar-refractivity contribution in [2.24, 2.45) is 28.6 Å². The van der Waals surface area contributed by atoms with Crippen LogP contribution in [0.25, 0.3) is 0 Å². The van der Waals surface area contributed by atoms with Crippen LogP contribution in [0.5, 0.6) is 0 Å². The molecule has 8 heteroatoms. The van der Waals surface area contributed by atoms with E-state index in [1.165, 1.54) is 0 Å². The van der Waals surface area contributed by atoms with Crippen LogP contribution in [0.2, 0.25) is 0 Å². The fourth-order valence-corrected chi connectivity index (χ4v) is 8.84. The third-order valence-corrected chi connectivity index (χ3v) is 11.1. The Morgan fingerprint density at radius 1 is 1.07 bits per heavy atom. The summed E-state index contributed by atoms with van der Waals surface area (Å²) in [6.45, 7) is 5.38. The van der Waals surface area contributed by atoms with E-state index in [0.29, 0.717) is 12.8 Å². The van der Waals surface area contributed by atoms with E-state index in [9.17, 15) is 29.4 Å². The first kappa shape index (κ1) is 29.6. The molecule has 0 saturated heterocycles. The van der Waals surface area contributed by atoms with Crippen molar-refractivity contribution in [3.63, 3.8) is 0 Å². The molecule has 1 aromatic rings. The first-order valence-corrected chi connectivity index (χ1v) is 15.1. The fourth-order valence-electron chi connectivity index (χ4n) is 8.84. The molecule has 0 bridgehead atoms. The molecule has 0 spiro atoms. The number of hydrogen-bond acceptors (Lipinski definition) is 7. The Kier molecular flexibility index (Phi) is 8.03. The third kappa shape index (κ3) is 5.18. The monoisotopic (exact) mass is 565 g/mol. The Hall–Kier alpha value is -2.84. The Morgan fingerprint density at radius 3 is 2.54 bits per heavy atom. The SMILES string of the molecule is C[C@@H](NC(=O)CCC(=O)OCC(=O)[C@@]1(O)CC[C@H]2[C@@H]3CCC4=CC(=O)CC[C@]4(C)[C@H]3[C@H](O)C[C@@]21C)c1ccccc1. The molecular weight excluding hydrogens is 522 g/mol. The zero-order valence-electron chi connectivity index (χ0n) is 24.4. The molecule has 8 nitrogen and oxygen atoms in total. The first-order valence-electron chi connectivity index (χ1n) is 15.1. The lowest BCUT2D eigenvalue weighted by molar-refractivity contribution is -0.184. The number of rotatable bonds is 8. The topological polar surface area (TPSA) is 130 Å². The minimum Gasteiger partial charge on any atom is -0.458 e. The molecule has 4 aliphatic rings. The van der Waals surface area contributed by atoms with Crippen LogP contribution in [0.1, 0.15) is 90.2 Å². The molecule has 222 valence electrons. The van der Waals surface area contributed by atoms with Crippen LogP contribution in [-0.4, -0.2) is 52.0 Å². The van der Waals surface area contributed by atoms with E-state index in [2.05, 4.69) is 12.2 Å². The van der Waals surface area contributed by atoms with E-state index in [0.717, 1.165) is 30.4 Å². The van der Waals surface area contributed by atoms with Crippen molar-refractivity contribution in [2.75, 3.05) is 6.61 Å². The number of amides is 1. The number of Topliss-reactive ketones (excluding diaryl/α,β-unsaturated/α-hetero) is 1. The van der Waals surface area contributed by atoms with Crippen molar-refractivity contribution in [3.8, 4) is 0 Å². The molecule has 0 unspecified atom stereocenters. The zero-order valence-corrected chi connectivity index (χ0v) is 24.4. The third-order valence-electron chi connectivity index (χ3n) is 11.1. The number of carbonyl (C=O) groups excluding carboxylic acids is 4. The summed E-state index contributed by atoms with van der Waals surface area (Å²) in [4.78, 5) is 50.3. The summed E-state index contributed by atoms with van der Waals surface area (Å²) in [5, 5.41) is 26.2. The number of aliphatic hydroxyl groups excluding tert-OH is 1. The molecule has 3 N–H and O–H groups in total. The number of fused-ring (bicyclic) bond motifs is 5. The van der Waals surface area contributed by atoms with Crippen molar-refractivity contribution in [3.05, 3.63) is 47.5 Å². The van der Waals surface area contributed by atoms with Gasteiger partial charge in [0.25, 0.3) is 0 Å². The molecule has 41 heavy (non-hydrogen) atoms. The highest BCUT2D eigenvalue weighted by Gasteiger charge is 2.68. The lowest BCUT2D eigenvalue weighted by Gasteiger charge is -2.60. The van der Waals surface area contributed by atoms with E-state index in [4.69, 9.17) is 4.74 Å². The number of esters is 1. The van der Waals surface area contributed by atoms with Gasteiger partial charge in [-0.3, -0.25) is 19.2 Å². The molecule has 3 saturated carbocycles. The van der Waals surface area contributed by atoms with Crippen LogP contribution in [0.15, 0.2) is 42.0 Å². The Labute approximate surface area is 241 Å². The number of carbonyl (C=O) groups is 4. The average Bonchev–Trinajstić information content (AvgIpc) is 3.21. The highest BCUT2D eigenvalue weighted by atomic mass is 16.5. The molecule has 8 atom stereocenters. The van der Waals surface area contributed by atoms with Crippen LogP contribution in [0.4, 0.5) is 0 Å². The van der Waals surface area contributed by atoms with Crippen molar-refractivity contribution in [2.45, 2.75) is 96.3 Å². The molecule has 4 aliphatic carbocycles. The zero-order chi connectivity index (χ0) is 29.6. The highest BCUT2D eigenvalue weighted by molar-refractivity contribution is 5.92. The molecule has 0 aliphatic heterocycles. The Morgan fingerprint density at radius 2 is 1.80 bits per heavy atom. The molecule has 0 aromatic heterocycles. The molecule has 0 radical (unpaired) electrons. The Balaban J connectivity index is 1.18. The van der Waals surface area contributed by atoms with E-state index in [1.807, 2.05) is 44.2 Å². The van der Waals surface area contributed by atoms with Crippen molar-refractivity contribution < 1.29 is 34.1 Å². The van der Waals surface area contributed by atoms with Gasteiger partial charge in [0.05, 0.1) is 18.6 Å². The van der Waals surface area contributed by atoms with Crippen LogP contribution in [0.3, 0.4) is 0 Å². The van der Waals surface area contributed by atoms with Crippen molar-refractivity contribution >= 4 is 23.4 Å². The number of ketones is 2.